The molecule has 2 atom stereocenters. The number of benzene rings is 1. The molecule has 0 saturated carbocycles. The molecule has 3 N–H and O–H groups in total. The number of piperidine rings is 1. The molecule has 7 heteroatoms. The molecule has 1 aromatic rings. The lowest BCUT2D eigenvalue weighted by Gasteiger charge is -2.28. The summed E-state index contributed by atoms with van der Waals surface area (Å²) in [4.78, 5) is 23.9. The number of nitrogens with one attached hydrogen (secondary N) is 3. The molecule has 0 aliphatic carbocycles. The minimum absolute atomic E-state index is 0. The van der Waals surface area contributed by atoms with E-state index >= 15 is 0 Å². The average molecular weight is 370 g/mol. The number of amides is 2. The van der Waals surface area contributed by atoms with Crippen LogP contribution in [0.3, 0.4) is 0 Å². The van der Waals surface area contributed by atoms with Crippen LogP contribution in [-0.4, -0.2) is 37.0 Å². The summed E-state index contributed by atoms with van der Waals surface area (Å²) >= 11 is 0. The van der Waals surface area contributed by atoms with Crippen LogP contribution in [0.2, 0.25) is 0 Å². The Labute approximate surface area is 153 Å². The number of fused-ring (bicyclic) bond motifs is 2. The third-order valence-corrected chi connectivity index (χ3v) is 4.88. The van der Waals surface area contributed by atoms with Crippen LogP contribution in [0.1, 0.15) is 42.5 Å². The number of hydrogen-bond donors (Lipinski definition) is 3. The summed E-state index contributed by atoms with van der Waals surface area (Å²) in [6.07, 6.45) is 5.22. The van der Waals surface area contributed by atoms with E-state index in [-0.39, 0.29) is 30.0 Å². The molecule has 5 nitrogen and oxygen atoms in total. The molecule has 3 rings (SSSR count). The lowest BCUT2D eigenvalue weighted by Crippen LogP contribution is -2.40. The van der Waals surface area contributed by atoms with Gasteiger partial charge in [0.2, 0.25) is 5.91 Å². The Morgan fingerprint density at radius 2 is 1.64 bits per heavy atom. The van der Waals surface area contributed by atoms with Crippen molar-refractivity contribution in [3.05, 3.63) is 35.6 Å². The predicted molar refractivity (Wildman–Crippen MR) is 96.3 cm³/mol. The molecular weight excluding hydrogens is 345 g/mol. The molecule has 2 unspecified atom stereocenters. The van der Waals surface area contributed by atoms with E-state index in [4.69, 9.17) is 0 Å². The molecule has 2 aliphatic heterocycles. The van der Waals surface area contributed by atoms with E-state index in [0.717, 1.165) is 12.8 Å². The van der Waals surface area contributed by atoms with E-state index < -0.39 is 0 Å². The molecule has 2 saturated heterocycles. The zero-order valence-electron chi connectivity index (χ0n) is 14.1. The molecule has 0 aromatic heterocycles. The second-order valence-corrected chi connectivity index (χ2v) is 6.79. The van der Waals surface area contributed by atoms with E-state index in [2.05, 4.69) is 16.0 Å². The van der Waals surface area contributed by atoms with Gasteiger partial charge in [-0.3, -0.25) is 9.59 Å². The quantitative estimate of drug-likeness (QED) is 0.672. The highest BCUT2D eigenvalue weighted by molar-refractivity contribution is 5.94. The van der Waals surface area contributed by atoms with Crippen molar-refractivity contribution >= 4 is 24.2 Å². The van der Waals surface area contributed by atoms with Gasteiger partial charge in [-0.2, -0.15) is 0 Å². The van der Waals surface area contributed by atoms with E-state index in [0.29, 0.717) is 43.1 Å². The van der Waals surface area contributed by atoms with Crippen molar-refractivity contribution in [1.82, 2.24) is 16.0 Å². The Hall–Kier alpha value is -1.66. The van der Waals surface area contributed by atoms with Crippen molar-refractivity contribution in [1.29, 1.82) is 0 Å². The highest BCUT2D eigenvalue weighted by atomic mass is 35.5. The van der Waals surface area contributed by atoms with E-state index in [1.54, 1.807) is 0 Å². The second-order valence-electron chi connectivity index (χ2n) is 6.79. The van der Waals surface area contributed by atoms with Crippen LogP contribution in [-0.2, 0) is 4.79 Å². The SMILES string of the molecule is Cl.O=C(CC1CC2CCC(C1)N2)NCCNC(=O)c1ccc(F)cc1. The maximum Gasteiger partial charge on any atom is 0.251 e. The summed E-state index contributed by atoms with van der Waals surface area (Å²) in [7, 11) is 0. The molecule has 138 valence electrons. The topological polar surface area (TPSA) is 70.2 Å². The monoisotopic (exact) mass is 369 g/mol. The first-order valence-corrected chi connectivity index (χ1v) is 8.66. The molecule has 2 fully saturated rings. The van der Waals surface area contributed by atoms with Crippen LogP contribution in [0.4, 0.5) is 4.39 Å². The van der Waals surface area contributed by atoms with Gasteiger partial charge in [-0.25, -0.2) is 4.39 Å². The maximum absolute atomic E-state index is 12.8. The Balaban J connectivity index is 0.00000225. The third-order valence-electron chi connectivity index (χ3n) is 4.88. The predicted octanol–water partition coefficient (Wildman–Crippen LogP) is 2.01. The van der Waals surface area contributed by atoms with E-state index in [1.165, 1.54) is 37.1 Å². The summed E-state index contributed by atoms with van der Waals surface area (Å²) < 4.78 is 12.8. The molecule has 0 spiro atoms. The van der Waals surface area contributed by atoms with E-state index in [9.17, 15) is 14.0 Å². The molecule has 25 heavy (non-hydrogen) atoms. The molecule has 0 radical (unpaired) electrons. The summed E-state index contributed by atoms with van der Waals surface area (Å²) in [5.41, 5.74) is 0.410. The highest BCUT2D eigenvalue weighted by Crippen LogP contribution is 2.32. The normalized spacial score (nSPS) is 24.3. The number of carbonyl (C=O) groups excluding carboxylic acids is 2. The number of halogens is 2. The standard InChI is InChI=1S/C18H24FN3O2.ClH/c19-14-3-1-13(2-4-14)18(24)21-8-7-20-17(23)11-12-9-15-5-6-16(10-12)22-15;/h1-4,12,15-16,22H,5-11H2,(H,20,23)(H,21,24);1H. The molecule has 1 aromatic carbocycles. The van der Waals surface area contributed by atoms with Crippen molar-refractivity contribution in [2.75, 3.05) is 13.1 Å². The zero-order chi connectivity index (χ0) is 16.9. The highest BCUT2D eigenvalue weighted by Gasteiger charge is 2.34. The fourth-order valence-electron chi connectivity index (χ4n) is 3.76. The maximum atomic E-state index is 12.8. The Morgan fingerprint density at radius 3 is 2.28 bits per heavy atom. The fourth-order valence-corrected chi connectivity index (χ4v) is 3.76. The minimum atomic E-state index is -0.370. The summed E-state index contributed by atoms with van der Waals surface area (Å²) in [6, 6.07) is 6.57. The molecule has 2 bridgehead atoms. The van der Waals surface area contributed by atoms with Crippen LogP contribution in [0.5, 0.6) is 0 Å². The van der Waals surface area contributed by atoms with Crippen molar-refractivity contribution < 1.29 is 14.0 Å². The van der Waals surface area contributed by atoms with Gasteiger partial charge in [-0.15, -0.1) is 12.4 Å². The van der Waals surface area contributed by atoms with Crippen molar-refractivity contribution in [3.63, 3.8) is 0 Å². The van der Waals surface area contributed by atoms with Crippen molar-refractivity contribution in [2.24, 2.45) is 5.92 Å². The molecule has 2 aliphatic rings. The first-order valence-electron chi connectivity index (χ1n) is 8.66. The van der Waals surface area contributed by atoms with E-state index in [1.807, 2.05) is 0 Å². The summed E-state index contributed by atoms with van der Waals surface area (Å²) in [6.45, 7) is 0.767. The minimum Gasteiger partial charge on any atom is -0.354 e. The molecular formula is C18H25ClFN3O2. The van der Waals surface area contributed by atoms with Crippen LogP contribution >= 0.6 is 12.4 Å². The van der Waals surface area contributed by atoms with Crippen LogP contribution < -0.4 is 16.0 Å². The van der Waals surface area contributed by atoms with Gasteiger partial charge in [0.25, 0.3) is 5.91 Å². The van der Waals surface area contributed by atoms with Gasteiger partial charge >= 0.3 is 0 Å². The Kier molecular flexibility index (Phi) is 7.20. The lowest BCUT2D eigenvalue weighted by molar-refractivity contribution is -0.122. The van der Waals surface area contributed by atoms with Gasteiger partial charge < -0.3 is 16.0 Å². The first-order chi connectivity index (χ1) is 11.6. The zero-order valence-corrected chi connectivity index (χ0v) is 14.9. The van der Waals surface area contributed by atoms with Crippen LogP contribution in [0, 0.1) is 11.7 Å². The Morgan fingerprint density at radius 1 is 1.04 bits per heavy atom. The molecule has 2 heterocycles. The average Bonchev–Trinajstić information content (AvgIpc) is 2.90. The van der Waals surface area contributed by atoms with Gasteiger partial charge in [0, 0.05) is 37.2 Å². The summed E-state index contributed by atoms with van der Waals surface area (Å²) in [5, 5.41) is 9.15. The van der Waals surface area contributed by atoms with Gasteiger partial charge in [0.15, 0.2) is 0 Å². The van der Waals surface area contributed by atoms with Crippen molar-refractivity contribution in [3.8, 4) is 0 Å². The smallest absolute Gasteiger partial charge is 0.251 e. The van der Waals surface area contributed by atoms with Gasteiger partial charge in [0.05, 0.1) is 0 Å². The van der Waals surface area contributed by atoms with Crippen LogP contribution in [0.15, 0.2) is 24.3 Å². The van der Waals surface area contributed by atoms with Gasteiger partial charge in [-0.05, 0) is 55.9 Å². The van der Waals surface area contributed by atoms with Gasteiger partial charge in [-0.1, -0.05) is 0 Å². The second kappa shape index (κ2) is 9.15. The third kappa shape index (κ3) is 5.68. The van der Waals surface area contributed by atoms with Crippen molar-refractivity contribution in [2.45, 2.75) is 44.2 Å². The largest absolute Gasteiger partial charge is 0.354 e. The first kappa shape index (κ1) is 19.7. The lowest BCUT2D eigenvalue weighted by atomic mass is 9.89. The number of carbonyl (C=O) groups is 2. The number of rotatable bonds is 6. The molecule has 2 amide bonds. The Bertz CT molecular complexity index is 584. The number of hydrogen-bond acceptors (Lipinski definition) is 3. The van der Waals surface area contributed by atoms with Crippen LogP contribution in [0.25, 0.3) is 0 Å². The fraction of sp³-hybridized carbons (Fsp3) is 0.556. The van der Waals surface area contributed by atoms with Gasteiger partial charge in [0.1, 0.15) is 5.82 Å². The summed E-state index contributed by atoms with van der Waals surface area (Å²) in [5.74, 6) is -0.112.